The molecular formula is C12H20N4O2S. The zero-order valence-corrected chi connectivity index (χ0v) is 11.7. The summed E-state index contributed by atoms with van der Waals surface area (Å²) in [5.41, 5.74) is 3.22. The molecule has 0 radical (unpaired) electrons. The molecule has 6 nitrogen and oxygen atoms in total. The highest BCUT2D eigenvalue weighted by Crippen LogP contribution is 2.19. The SMILES string of the molecule is NNC(=O)c1sccc1CN1CCN(CCO)CC1. The number of carbonyl (C=O) groups is 1. The fourth-order valence-corrected chi connectivity index (χ4v) is 3.10. The highest BCUT2D eigenvalue weighted by Gasteiger charge is 2.19. The van der Waals surface area contributed by atoms with Gasteiger partial charge in [0.25, 0.3) is 5.91 Å². The lowest BCUT2D eigenvalue weighted by Crippen LogP contribution is -2.46. The number of carbonyl (C=O) groups excluding carboxylic acids is 1. The Morgan fingerprint density at radius 1 is 1.37 bits per heavy atom. The van der Waals surface area contributed by atoms with Crippen molar-refractivity contribution in [3.05, 3.63) is 21.9 Å². The van der Waals surface area contributed by atoms with E-state index < -0.39 is 0 Å². The molecule has 2 rings (SSSR count). The number of amides is 1. The number of aliphatic hydroxyl groups excluding tert-OH is 1. The van der Waals surface area contributed by atoms with Gasteiger partial charge in [-0.2, -0.15) is 0 Å². The van der Waals surface area contributed by atoms with E-state index in [-0.39, 0.29) is 12.5 Å². The number of piperazine rings is 1. The van der Waals surface area contributed by atoms with Gasteiger partial charge in [0, 0.05) is 39.3 Å². The van der Waals surface area contributed by atoms with Gasteiger partial charge in [-0.05, 0) is 17.0 Å². The van der Waals surface area contributed by atoms with Crippen LogP contribution in [0.1, 0.15) is 15.2 Å². The summed E-state index contributed by atoms with van der Waals surface area (Å²) in [6.07, 6.45) is 0. The van der Waals surface area contributed by atoms with Crippen LogP contribution in [-0.2, 0) is 6.54 Å². The molecule has 0 aliphatic carbocycles. The van der Waals surface area contributed by atoms with Crippen LogP contribution in [0.5, 0.6) is 0 Å². The van der Waals surface area contributed by atoms with E-state index in [1.54, 1.807) is 0 Å². The molecule has 1 aromatic heterocycles. The molecule has 0 bridgehead atoms. The molecule has 19 heavy (non-hydrogen) atoms. The van der Waals surface area contributed by atoms with E-state index in [1.165, 1.54) is 11.3 Å². The first-order valence-corrected chi connectivity index (χ1v) is 7.25. The number of hydrogen-bond donors (Lipinski definition) is 3. The van der Waals surface area contributed by atoms with Crippen molar-refractivity contribution in [3.8, 4) is 0 Å². The van der Waals surface area contributed by atoms with Crippen LogP contribution in [0.15, 0.2) is 11.4 Å². The monoisotopic (exact) mass is 284 g/mol. The molecule has 0 aromatic carbocycles. The number of nitrogens with two attached hydrogens (primary N) is 1. The van der Waals surface area contributed by atoms with Crippen molar-refractivity contribution >= 4 is 17.2 Å². The van der Waals surface area contributed by atoms with Crippen LogP contribution in [0, 0.1) is 0 Å². The normalized spacial score (nSPS) is 17.6. The first kappa shape index (κ1) is 14.4. The van der Waals surface area contributed by atoms with E-state index in [0.717, 1.165) is 44.8 Å². The van der Waals surface area contributed by atoms with Crippen LogP contribution in [0.4, 0.5) is 0 Å². The average Bonchev–Trinajstić information content (AvgIpc) is 2.88. The molecule has 1 amide bonds. The number of β-amino-alcohol motifs (C(OH)–C–C–N with tert-alkyl or cyclic N) is 1. The van der Waals surface area contributed by atoms with E-state index in [9.17, 15) is 4.79 Å². The highest BCUT2D eigenvalue weighted by atomic mass is 32.1. The van der Waals surface area contributed by atoms with E-state index in [2.05, 4.69) is 15.2 Å². The fourth-order valence-electron chi connectivity index (χ4n) is 2.28. The maximum Gasteiger partial charge on any atom is 0.275 e. The number of nitrogens with zero attached hydrogens (tertiary/aromatic N) is 2. The number of rotatable bonds is 5. The number of hydrazine groups is 1. The third-order valence-corrected chi connectivity index (χ3v) is 4.31. The zero-order valence-electron chi connectivity index (χ0n) is 10.8. The molecule has 4 N–H and O–H groups in total. The van der Waals surface area contributed by atoms with Crippen molar-refractivity contribution in [1.82, 2.24) is 15.2 Å². The number of thiophene rings is 1. The summed E-state index contributed by atoms with van der Waals surface area (Å²) in [6.45, 7) is 5.57. The summed E-state index contributed by atoms with van der Waals surface area (Å²) in [7, 11) is 0. The van der Waals surface area contributed by atoms with Crippen molar-refractivity contribution < 1.29 is 9.90 Å². The Balaban J connectivity index is 1.89. The summed E-state index contributed by atoms with van der Waals surface area (Å²) in [6, 6.07) is 1.98. The molecule has 0 unspecified atom stereocenters. The Kier molecular flexibility index (Phi) is 5.29. The van der Waals surface area contributed by atoms with Crippen LogP contribution in [0.3, 0.4) is 0 Å². The Hall–Kier alpha value is -0.990. The van der Waals surface area contributed by atoms with E-state index in [0.29, 0.717) is 4.88 Å². The van der Waals surface area contributed by atoms with Gasteiger partial charge in [-0.3, -0.25) is 20.0 Å². The summed E-state index contributed by atoms with van der Waals surface area (Å²) in [5.74, 6) is 4.96. The standard InChI is InChI=1S/C12H20N4O2S/c13-14-12(18)11-10(1-8-19-11)9-16-4-2-15(3-5-16)6-7-17/h1,8,17H,2-7,9,13H2,(H,14,18). The van der Waals surface area contributed by atoms with Crippen molar-refractivity contribution in [2.75, 3.05) is 39.3 Å². The lowest BCUT2D eigenvalue weighted by Gasteiger charge is -2.34. The summed E-state index contributed by atoms with van der Waals surface area (Å²) >= 11 is 1.42. The third kappa shape index (κ3) is 3.74. The van der Waals surface area contributed by atoms with Gasteiger partial charge in [0.05, 0.1) is 11.5 Å². The number of hydrogen-bond acceptors (Lipinski definition) is 6. The first-order chi connectivity index (χ1) is 9.24. The molecule has 1 aliphatic rings. The summed E-state index contributed by atoms with van der Waals surface area (Å²) in [4.78, 5) is 16.9. The maximum atomic E-state index is 11.6. The smallest absolute Gasteiger partial charge is 0.275 e. The second-order valence-corrected chi connectivity index (χ2v) is 5.51. The molecule has 1 saturated heterocycles. The van der Waals surface area contributed by atoms with Crippen molar-refractivity contribution in [3.63, 3.8) is 0 Å². The molecule has 0 atom stereocenters. The molecule has 0 saturated carbocycles. The van der Waals surface area contributed by atoms with Gasteiger partial charge >= 0.3 is 0 Å². The predicted octanol–water partition coefficient (Wildman–Crippen LogP) is -0.539. The first-order valence-electron chi connectivity index (χ1n) is 6.37. The van der Waals surface area contributed by atoms with Gasteiger partial charge < -0.3 is 5.11 Å². The van der Waals surface area contributed by atoms with Crippen molar-refractivity contribution in [1.29, 1.82) is 0 Å². The Morgan fingerprint density at radius 2 is 2.05 bits per heavy atom. The van der Waals surface area contributed by atoms with E-state index >= 15 is 0 Å². The van der Waals surface area contributed by atoms with Crippen LogP contribution >= 0.6 is 11.3 Å². The molecule has 1 aromatic rings. The third-order valence-electron chi connectivity index (χ3n) is 3.36. The Labute approximate surface area is 116 Å². The Bertz CT molecular complexity index is 416. The predicted molar refractivity (Wildman–Crippen MR) is 74.8 cm³/mol. The summed E-state index contributed by atoms with van der Waals surface area (Å²) < 4.78 is 0. The number of aliphatic hydroxyl groups is 1. The van der Waals surface area contributed by atoms with Gasteiger partial charge in [-0.15, -0.1) is 11.3 Å². The largest absolute Gasteiger partial charge is 0.395 e. The van der Waals surface area contributed by atoms with Crippen LogP contribution in [0.25, 0.3) is 0 Å². The van der Waals surface area contributed by atoms with Gasteiger partial charge in [0.2, 0.25) is 0 Å². The minimum atomic E-state index is -0.219. The molecular weight excluding hydrogens is 264 g/mol. The fraction of sp³-hybridized carbons (Fsp3) is 0.583. The van der Waals surface area contributed by atoms with Crippen molar-refractivity contribution in [2.24, 2.45) is 5.84 Å². The Morgan fingerprint density at radius 3 is 2.68 bits per heavy atom. The second kappa shape index (κ2) is 6.97. The van der Waals surface area contributed by atoms with E-state index in [4.69, 9.17) is 10.9 Å². The van der Waals surface area contributed by atoms with Gasteiger partial charge in [0.15, 0.2) is 0 Å². The van der Waals surface area contributed by atoms with E-state index in [1.807, 2.05) is 11.4 Å². The molecule has 7 heteroatoms. The molecule has 1 aliphatic heterocycles. The molecule has 1 fully saturated rings. The average molecular weight is 284 g/mol. The summed E-state index contributed by atoms with van der Waals surface area (Å²) in [5, 5.41) is 10.8. The zero-order chi connectivity index (χ0) is 13.7. The number of nitrogens with one attached hydrogen (secondary N) is 1. The molecule has 2 heterocycles. The topological polar surface area (TPSA) is 81.8 Å². The number of nitrogen functional groups attached to an aromatic ring is 1. The lowest BCUT2D eigenvalue weighted by atomic mass is 10.2. The van der Waals surface area contributed by atoms with Gasteiger partial charge in [-0.25, -0.2) is 5.84 Å². The minimum absolute atomic E-state index is 0.214. The minimum Gasteiger partial charge on any atom is -0.395 e. The maximum absolute atomic E-state index is 11.6. The quantitative estimate of drug-likeness (QED) is 0.384. The highest BCUT2D eigenvalue weighted by molar-refractivity contribution is 7.12. The second-order valence-electron chi connectivity index (χ2n) is 4.59. The lowest BCUT2D eigenvalue weighted by molar-refractivity contribution is 0.0949. The van der Waals surface area contributed by atoms with Crippen molar-refractivity contribution in [2.45, 2.75) is 6.54 Å². The molecule has 0 spiro atoms. The van der Waals surface area contributed by atoms with Crippen LogP contribution in [0.2, 0.25) is 0 Å². The molecule has 106 valence electrons. The van der Waals surface area contributed by atoms with Gasteiger partial charge in [0.1, 0.15) is 0 Å². The van der Waals surface area contributed by atoms with Gasteiger partial charge in [-0.1, -0.05) is 0 Å². The van der Waals surface area contributed by atoms with Crippen LogP contribution < -0.4 is 11.3 Å². The van der Waals surface area contributed by atoms with Crippen LogP contribution in [-0.4, -0.2) is 60.1 Å².